The van der Waals surface area contributed by atoms with Crippen molar-refractivity contribution < 1.29 is 4.79 Å². The number of rotatable bonds is 5. The molecule has 0 aliphatic rings. The summed E-state index contributed by atoms with van der Waals surface area (Å²) in [6.45, 7) is 8.23. The molecular weight excluding hydrogens is 188 g/mol. The van der Waals surface area contributed by atoms with E-state index in [1.807, 2.05) is 13.8 Å². The lowest BCUT2D eigenvalue weighted by Crippen LogP contribution is -2.39. The molecule has 0 aliphatic carbocycles. The van der Waals surface area contributed by atoms with Crippen molar-refractivity contribution in [2.45, 2.75) is 19.9 Å². The van der Waals surface area contributed by atoms with Gasteiger partial charge in [0.05, 0.1) is 6.54 Å². The highest BCUT2D eigenvalue weighted by Crippen LogP contribution is 1.95. The minimum absolute atomic E-state index is 0.0629. The molecule has 0 saturated heterocycles. The van der Waals surface area contributed by atoms with Crippen molar-refractivity contribution in [3.8, 4) is 0 Å². The van der Waals surface area contributed by atoms with Gasteiger partial charge in [0.2, 0.25) is 5.91 Å². The van der Waals surface area contributed by atoms with Gasteiger partial charge < -0.3 is 10.2 Å². The monoisotopic (exact) mass is 204 g/mol. The summed E-state index contributed by atoms with van der Waals surface area (Å²) in [6, 6.07) is 0.230. The first kappa shape index (κ1) is 12.5. The van der Waals surface area contributed by atoms with Crippen LogP contribution >= 0.6 is 11.6 Å². The Morgan fingerprint density at radius 2 is 2.08 bits per heavy atom. The molecule has 3 nitrogen and oxygen atoms in total. The van der Waals surface area contributed by atoms with Crippen LogP contribution in [0.2, 0.25) is 0 Å². The van der Waals surface area contributed by atoms with Crippen LogP contribution in [0.1, 0.15) is 13.8 Å². The maximum absolute atomic E-state index is 11.4. The second kappa shape index (κ2) is 6.00. The molecule has 1 N–H and O–H groups in total. The first-order valence-corrected chi connectivity index (χ1v) is 4.62. The molecule has 0 atom stereocenters. The van der Waals surface area contributed by atoms with Crippen molar-refractivity contribution in [2.75, 3.05) is 20.1 Å². The highest BCUT2D eigenvalue weighted by atomic mass is 35.5. The van der Waals surface area contributed by atoms with Gasteiger partial charge in [0, 0.05) is 24.7 Å². The normalized spacial score (nSPS) is 10.2. The number of carbonyl (C=O) groups excluding carboxylic acids is 1. The van der Waals surface area contributed by atoms with E-state index >= 15 is 0 Å². The zero-order valence-electron chi connectivity index (χ0n) is 8.43. The SMILES string of the molecule is C=C(Cl)CNCC(=O)N(C)C(C)C. The molecule has 0 aromatic carbocycles. The van der Waals surface area contributed by atoms with Crippen LogP contribution in [0.4, 0.5) is 0 Å². The van der Waals surface area contributed by atoms with Crippen molar-refractivity contribution >= 4 is 17.5 Å². The fourth-order valence-electron chi connectivity index (χ4n) is 0.718. The number of hydrogen-bond acceptors (Lipinski definition) is 2. The van der Waals surface area contributed by atoms with Crippen LogP contribution in [-0.4, -0.2) is 37.0 Å². The second-order valence-corrected chi connectivity index (χ2v) is 3.75. The molecule has 0 saturated carbocycles. The fourth-order valence-corrected chi connectivity index (χ4v) is 0.812. The number of likely N-dealkylation sites (N-methyl/N-ethyl adjacent to an activating group) is 1. The Morgan fingerprint density at radius 1 is 1.54 bits per heavy atom. The van der Waals surface area contributed by atoms with Gasteiger partial charge >= 0.3 is 0 Å². The van der Waals surface area contributed by atoms with Gasteiger partial charge in [0.1, 0.15) is 0 Å². The molecule has 13 heavy (non-hydrogen) atoms. The standard InChI is InChI=1S/C9H17ClN2O/c1-7(2)12(4)9(13)6-11-5-8(3)10/h7,11H,3,5-6H2,1-2,4H3. The molecule has 0 bridgehead atoms. The van der Waals surface area contributed by atoms with E-state index < -0.39 is 0 Å². The molecule has 0 radical (unpaired) electrons. The molecule has 0 spiro atoms. The van der Waals surface area contributed by atoms with Gasteiger partial charge in [0.15, 0.2) is 0 Å². The molecule has 0 aromatic heterocycles. The van der Waals surface area contributed by atoms with Crippen LogP contribution in [0.5, 0.6) is 0 Å². The lowest BCUT2D eigenvalue weighted by Gasteiger charge is -2.21. The third kappa shape index (κ3) is 5.66. The van der Waals surface area contributed by atoms with E-state index in [9.17, 15) is 4.79 Å². The number of amides is 1. The van der Waals surface area contributed by atoms with Crippen LogP contribution in [0, 0.1) is 0 Å². The Labute approximate surface area is 84.7 Å². The van der Waals surface area contributed by atoms with Gasteiger partial charge in [-0.25, -0.2) is 0 Å². The minimum Gasteiger partial charge on any atom is -0.342 e. The molecular formula is C9H17ClN2O. The van der Waals surface area contributed by atoms with Crippen molar-refractivity contribution in [1.82, 2.24) is 10.2 Å². The van der Waals surface area contributed by atoms with Crippen LogP contribution in [0.25, 0.3) is 0 Å². The number of nitrogens with one attached hydrogen (secondary N) is 1. The summed E-state index contributed by atoms with van der Waals surface area (Å²) in [5.74, 6) is 0.0629. The lowest BCUT2D eigenvalue weighted by atomic mass is 10.3. The molecule has 0 heterocycles. The summed E-state index contributed by atoms with van der Waals surface area (Å²) in [6.07, 6.45) is 0. The van der Waals surface area contributed by atoms with Gasteiger partial charge in [-0.05, 0) is 13.8 Å². The molecule has 4 heteroatoms. The third-order valence-electron chi connectivity index (χ3n) is 1.76. The van der Waals surface area contributed by atoms with Gasteiger partial charge in [-0.15, -0.1) is 0 Å². The van der Waals surface area contributed by atoms with Gasteiger partial charge in [-0.1, -0.05) is 18.2 Å². The number of hydrogen-bond donors (Lipinski definition) is 1. The van der Waals surface area contributed by atoms with E-state index in [0.29, 0.717) is 18.1 Å². The predicted molar refractivity (Wildman–Crippen MR) is 55.8 cm³/mol. The molecule has 0 rings (SSSR count). The Kier molecular flexibility index (Phi) is 5.75. The highest BCUT2D eigenvalue weighted by Gasteiger charge is 2.10. The maximum atomic E-state index is 11.4. The maximum Gasteiger partial charge on any atom is 0.236 e. The third-order valence-corrected chi connectivity index (χ3v) is 1.89. The van der Waals surface area contributed by atoms with Crippen molar-refractivity contribution in [3.05, 3.63) is 11.6 Å². The molecule has 0 fully saturated rings. The minimum atomic E-state index is 0.0629. The summed E-state index contributed by atoms with van der Waals surface area (Å²) in [5.41, 5.74) is 0. The van der Waals surface area contributed by atoms with Crippen LogP contribution in [0.3, 0.4) is 0 Å². The van der Waals surface area contributed by atoms with Gasteiger partial charge in [-0.2, -0.15) is 0 Å². The Bertz CT molecular complexity index is 192. The summed E-state index contributed by atoms with van der Waals surface area (Å²) in [4.78, 5) is 13.0. The Morgan fingerprint density at radius 3 is 2.46 bits per heavy atom. The van der Waals surface area contributed by atoms with E-state index in [1.54, 1.807) is 11.9 Å². The lowest BCUT2D eigenvalue weighted by molar-refractivity contribution is -0.130. The Hall–Kier alpha value is -0.540. The van der Waals surface area contributed by atoms with E-state index in [0.717, 1.165) is 0 Å². The van der Waals surface area contributed by atoms with E-state index in [-0.39, 0.29) is 11.9 Å². The van der Waals surface area contributed by atoms with Crippen molar-refractivity contribution in [1.29, 1.82) is 0 Å². The molecule has 0 aromatic rings. The highest BCUT2D eigenvalue weighted by molar-refractivity contribution is 6.29. The zero-order valence-corrected chi connectivity index (χ0v) is 9.19. The quantitative estimate of drug-likeness (QED) is 0.730. The average molecular weight is 205 g/mol. The van der Waals surface area contributed by atoms with Gasteiger partial charge in [-0.3, -0.25) is 4.79 Å². The van der Waals surface area contributed by atoms with Crippen LogP contribution < -0.4 is 5.32 Å². The number of carbonyl (C=O) groups is 1. The number of halogens is 1. The van der Waals surface area contributed by atoms with Crippen LogP contribution in [0.15, 0.2) is 11.6 Å². The molecule has 0 unspecified atom stereocenters. The molecule has 76 valence electrons. The first-order valence-electron chi connectivity index (χ1n) is 4.24. The first-order chi connectivity index (χ1) is 5.95. The summed E-state index contributed by atoms with van der Waals surface area (Å²) < 4.78 is 0. The second-order valence-electron chi connectivity index (χ2n) is 3.22. The van der Waals surface area contributed by atoms with E-state index in [4.69, 9.17) is 11.6 Å². The summed E-state index contributed by atoms with van der Waals surface area (Å²) in [7, 11) is 1.78. The number of nitrogens with zero attached hydrogens (tertiary/aromatic N) is 1. The van der Waals surface area contributed by atoms with Gasteiger partial charge in [0.25, 0.3) is 0 Å². The Balaban J connectivity index is 3.68. The molecule has 1 amide bonds. The summed E-state index contributed by atoms with van der Waals surface area (Å²) >= 11 is 5.52. The van der Waals surface area contributed by atoms with Crippen LogP contribution in [-0.2, 0) is 4.79 Å². The largest absolute Gasteiger partial charge is 0.342 e. The average Bonchev–Trinajstić information content (AvgIpc) is 2.02. The fraction of sp³-hybridized carbons (Fsp3) is 0.667. The van der Waals surface area contributed by atoms with E-state index in [1.165, 1.54) is 0 Å². The smallest absolute Gasteiger partial charge is 0.236 e. The van der Waals surface area contributed by atoms with E-state index in [2.05, 4.69) is 11.9 Å². The zero-order chi connectivity index (χ0) is 10.4. The van der Waals surface area contributed by atoms with Crippen molar-refractivity contribution in [3.63, 3.8) is 0 Å². The summed E-state index contributed by atoms with van der Waals surface area (Å²) in [5, 5.41) is 3.41. The van der Waals surface area contributed by atoms with Crippen molar-refractivity contribution in [2.24, 2.45) is 0 Å². The molecule has 0 aliphatic heterocycles. The predicted octanol–water partition coefficient (Wildman–Crippen LogP) is 1.20. The topological polar surface area (TPSA) is 32.3 Å².